The largest absolute Gasteiger partial charge is 0.351 e. The third kappa shape index (κ3) is 6.56. The molecular formula is C17H24Cl2N4OS. The molecule has 1 aromatic heterocycles. The van der Waals surface area contributed by atoms with E-state index in [9.17, 15) is 4.79 Å². The molecule has 0 aliphatic carbocycles. The molecule has 0 unspecified atom stereocenters. The molecule has 5 nitrogen and oxygen atoms in total. The standard InChI is InChI=1S/C17H22N4OS.2ClH/c22-16(19-7-4-10-21-11-8-18-9-12-21)15-13-20-17(23-15)14-5-2-1-3-6-14;;/h1-3,5-6,13,18H,4,7-12H2,(H,19,22);2*1H. The summed E-state index contributed by atoms with van der Waals surface area (Å²) in [6, 6.07) is 9.95. The van der Waals surface area contributed by atoms with E-state index in [4.69, 9.17) is 0 Å². The van der Waals surface area contributed by atoms with Crippen LogP contribution in [0, 0.1) is 0 Å². The molecule has 1 aliphatic heterocycles. The summed E-state index contributed by atoms with van der Waals surface area (Å²) in [6.45, 7) is 6.08. The molecule has 8 heteroatoms. The molecule has 1 aromatic carbocycles. The van der Waals surface area contributed by atoms with Crippen LogP contribution in [-0.2, 0) is 0 Å². The Morgan fingerprint density at radius 3 is 2.64 bits per heavy atom. The molecule has 1 saturated heterocycles. The zero-order chi connectivity index (χ0) is 15.9. The van der Waals surface area contributed by atoms with Gasteiger partial charge in [0, 0.05) is 38.3 Å². The third-order valence-electron chi connectivity index (χ3n) is 3.90. The molecule has 2 heterocycles. The summed E-state index contributed by atoms with van der Waals surface area (Å²) in [7, 11) is 0. The van der Waals surface area contributed by atoms with E-state index in [1.54, 1.807) is 6.20 Å². The second-order valence-corrected chi connectivity index (χ2v) is 6.63. The number of nitrogens with zero attached hydrogens (tertiary/aromatic N) is 2. The highest BCUT2D eigenvalue weighted by Crippen LogP contribution is 2.24. The number of rotatable bonds is 6. The Labute approximate surface area is 165 Å². The van der Waals surface area contributed by atoms with Gasteiger partial charge in [-0.25, -0.2) is 4.98 Å². The van der Waals surface area contributed by atoms with Crippen LogP contribution in [0.5, 0.6) is 0 Å². The molecule has 0 saturated carbocycles. The maximum absolute atomic E-state index is 12.2. The number of aromatic nitrogens is 1. The SMILES string of the molecule is Cl.Cl.O=C(NCCCN1CCNCC1)c1cnc(-c2ccccc2)s1. The van der Waals surface area contributed by atoms with Crippen LogP contribution in [0.3, 0.4) is 0 Å². The second-order valence-electron chi connectivity index (χ2n) is 5.60. The predicted molar refractivity (Wildman–Crippen MR) is 108 cm³/mol. The Morgan fingerprint density at radius 1 is 1.20 bits per heavy atom. The number of hydrogen-bond acceptors (Lipinski definition) is 5. The fourth-order valence-corrected chi connectivity index (χ4v) is 3.46. The number of halogens is 2. The normalized spacial score (nSPS) is 14.2. The molecule has 0 spiro atoms. The van der Waals surface area contributed by atoms with E-state index in [2.05, 4.69) is 20.5 Å². The average Bonchev–Trinajstić information content (AvgIpc) is 3.10. The lowest BCUT2D eigenvalue weighted by Gasteiger charge is -2.26. The molecule has 0 radical (unpaired) electrons. The van der Waals surface area contributed by atoms with Crippen molar-refractivity contribution < 1.29 is 4.79 Å². The average molecular weight is 403 g/mol. The molecule has 3 rings (SSSR count). The first-order valence-electron chi connectivity index (χ1n) is 8.05. The van der Waals surface area contributed by atoms with E-state index in [1.165, 1.54) is 11.3 Å². The minimum Gasteiger partial charge on any atom is -0.351 e. The molecule has 1 amide bonds. The van der Waals surface area contributed by atoms with E-state index < -0.39 is 0 Å². The first-order chi connectivity index (χ1) is 11.3. The fraction of sp³-hybridized carbons (Fsp3) is 0.412. The zero-order valence-corrected chi connectivity index (χ0v) is 16.4. The first kappa shape index (κ1) is 21.9. The summed E-state index contributed by atoms with van der Waals surface area (Å²) in [4.78, 5) is 19.6. The van der Waals surface area contributed by atoms with Gasteiger partial charge in [-0.1, -0.05) is 30.3 Å². The zero-order valence-electron chi connectivity index (χ0n) is 13.9. The summed E-state index contributed by atoms with van der Waals surface area (Å²) in [5.74, 6) is -0.0232. The highest BCUT2D eigenvalue weighted by molar-refractivity contribution is 7.16. The molecule has 2 aromatic rings. The third-order valence-corrected chi connectivity index (χ3v) is 4.94. The molecule has 0 bridgehead atoms. The number of hydrogen-bond donors (Lipinski definition) is 2. The molecule has 0 atom stereocenters. The number of nitrogens with one attached hydrogen (secondary N) is 2. The number of piperazine rings is 1. The van der Waals surface area contributed by atoms with Gasteiger partial charge in [-0.15, -0.1) is 36.2 Å². The molecule has 1 aliphatic rings. The summed E-state index contributed by atoms with van der Waals surface area (Å²) in [5, 5.41) is 7.22. The van der Waals surface area contributed by atoms with Crippen molar-refractivity contribution in [3.8, 4) is 10.6 Å². The van der Waals surface area contributed by atoms with Crippen LogP contribution in [0.1, 0.15) is 16.1 Å². The van der Waals surface area contributed by atoms with Gasteiger partial charge in [-0.3, -0.25) is 4.79 Å². The molecule has 138 valence electrons. The first-order valence-corrected chi connectivity index (χ1v) is 8.87. The number of benzene rings is 1. The van der Waals surface area contributed by atoms with Crippen LogP contribution in [0.4, 0.5) is 0 Å². The van der Waals surface area contributed by atoms with Gasteiger partial charge in [0.05, 0.1) is 6.20 Å². The van der Waals surface area contributed by atoms with E-state index >= 15 is 0 Å². The van der Waals surface area contributed by atoms with Gasteiger partial charge in [0.2, 0.25) is 0 Å². The van der Waals surface area contributed by atoms with Crippen LogP contribution in [0.25, 0.3) is 10.6 Å². The van der Waals surface area contributed by atoms with Gasteiger partial charge in [0.15, 0.2) is 0 Å². The summed E-state index contributed by atoms with van der Waals surface area (Å²) >= 11 is 1.44. The highest BCUT2D eigenvalue weighted by atomic mass is 35.5. The fourth-order valence-electron chi connectivity index (χ4n) is 2.62. The van der Waals surface area contributed by atoms with Crippen molar-refractivity contribution in [1.82, 2.24) is 20.5 Å². The van der Waals surface area contributed by atoms with Gasteiger partial charge in [0.25, 0.3) is 5.91 Å². The van der Waals surface area contributed by atoms with Gasteiger partial charge >= 0.3 is 0 Å². The van der Waals surface area contributed by atoms with Crippen molar-refractivity contribution in [3.63, 3.8) is 0 Å². The lowest BCUT2D eigenvalue weighted by molar-refractivity contribution is 0.0955. The predicted octanol–water partition coefficient (Wildman–Crippen LogP) is 2.68. The summed E-state index contributed by atoms with van der Waals surface area (Å²) in [6.07, 6.45) is 2.65. The van der Waals surface area contributed by atoms with Gasteiger partial charge in [0.1, 0.15) is 9.88 Å². The molecular weight excluding hydrogens is 379 g/mol. The Bertz CT molecular complexity index is 633. The molecule has 2 N–H and O–H groups in total. The molecule has 1 fully saturated rings. The van der Waals surface area contributed by atoms with Gasteiger partial charge in [-0.05, 0) is 13.0 Å². The molecule has 25 heavy (non-hydrogen) atoms. The minimum atomic E-state index is -0.0232. The van der Waals surface area contributed by atoms with Crippen LogP contribution < -0.4 is 10.6 Å². The maximum atomic E-state index is 12.2. The van der Waals surface area contributed by atoms with Crippen molar-refractivity contribution in [2.45, 2.75) is 6.42 Å². The van der Waals surface area contributed by atoms with E-state index in [1.807, 2.05) is 30.3 Å². The number of thiazole rings is 1. The van der Waals surface area contributed by atoms with Crippen LogP contribution in [0.15, 0.2) is 36.5 Å². The highest BCUT2D eigenvalue weighted by Gasteiger charge is 2.12. The number of amides is 1. The quantitative estimate of drug-likeness (QED) is 0.729. The van der Waals surface area contributed by atoms with Crippen LogP contribution >= 0.6 is 36.2 Å². The topological polar surface area (TPSA) is 57.3 Å². The lowest BCUT2D eigenvalue weighted by atomic mass is 10.2. The Kier molecular flexibility index (Phi) is 10.0. The van der Waals surface area contributed by atoms with Gasteiger partial charge in [-0.2, -0.15) is 0 Å². The smallest absolute Gasteiger partial charge is 0.263 e. The van der Waals surface area contributed by atoms with Crippen molar-refractivity contribution in [2.24, 2.45) is 0 Å². The Hall–Kier alpha value is -1.18. The van der Waals surface area contributed by atoms with E-state index in [-0.39, 0.29) is 30.7 Å². The van der Waals surface area contributed by atoms with Crippen LogP contribution in [0.2, 0.25) is 0 Å². The Balaban J connectivity index is 0.00000156. The lowest BCUT2D eigenvalue weighted by Crippen LogP contribution is -2.44. The van der Waals surface area contributed by atoms with Crippen molar-refractivity contribution in [3.05, 3.63) is 41.4 Å². The van der Waals surface area contributed by atoms with Gasteiger partial charge < -0.3 is 15.5 Å². The maximum Gasteiger partial charge on any atom is 0.263 e. The second kappa shape index (κ2) is 11.4. The minimum absolute atomic E-state index is 0. The van der Waals surface area contributed by atoms with Crippen molar-refractivity contribution in [2.75, 3.05) is 39.3 Å². The Morgan fingerprint density at radius 2 is 1.92 bits per heavy atom. The summed E-state index contributed by atoms with van der Waals surface area (Å²) in [5.41, 5.74) is 1.05. The van der Waals surface area contributed by atoms with E-state index in [0.717, 1.165) is 49.7 Å². The number of carbonyl (C=O) groups excluding carboxylic acids is 1. The van der Waals surface area contributed by atoms with E-state index in [0.29, 0.717) is 11.4 Å². The van der Waals surface area contributed by atoms with Crippen LogP contribution in [-0.4, -0.2) is 55.1 Å². The monoisotopic (exact) mass is 402 g/mol. The summed E-state index contributed by atoms with van der Waals surface area (Å²) < 4.78 is 0. The van der Waals surface area contributed by atoms with Crippen molar-refractivity contribution >= 4 is 42.1 Å². The van der Waals surface area contributed by atoms with Crippen molar-refractivity contribution in [1.29, 1.82) is 0 Å². The number of carbonyl (C=O) groups is 1.